The normalized spacial score (nSPS) is 12.4. The van der Waals surface area contributed by atoms with Crippen molar-refractivity contribution in [2.75, 3.05) is 0 Å². The number of unbranched alkanes of at least 4 members (excludes halogenated alkanes) is 24. The molecule has 3 heteroatoms. The van der Waals surface area contributed by atoms with E-state index in [4.69, 9.17) is 5.73 Å². The number of carbonyl (C=O) groups excluding carboxylic acids is 2. The van der Waals surface area contributed by atoms with E-state index in [0.717, 1.165) is 25.7 Å². The Labute approximate surface area is 244 Å². The van der Waals surface area contributed by atoms with E-state index in [1.807, 2.05) is 0 Å². The molecule has 0 aliphatic rings. The molecule has 0 aromatic heterocycles. The second kappa shape index (κ2) is 31.4. The van der Waals surface area contributed by atoms with E-state index in [-0.39, 0.29) is 5.78 Å². The van der Waals surface area contributed by atoms with E-state index in [0.29, 0.717) is 12.8 Å². The SMILES string of the molecule is CCCCCCCC/C=C\CCCCCCCC(=O)C(CCCCCCCCCCCCCCCC)C(N)=O. The second-order valence-electron chi connectivity index (χ2n) is 12.1. The fourth-order valence-corrected chi connectivity index (χ4v) is 5.55. The van der Waals surface area contributed by atoms with E-state index in [1.165, 1.54) is 148 Å². The Hall–Kier alpha value is -1.12. The first-order valence-electron chi connectivity index (χ1n) is 17.6. The Morgan fingerprint density at radius 2 is 0.821 bits per heavy atom. The van der Waals surface area contributed by atoms with Crippen LogP contribution in [0.3, 0.4) is 0 Å². The summed E-state index contributed by atoms with van der Waals surface area (Å²) in [4.78, 5) is 24.4. The molecule has 0 bridgehead atoms. The maximum absolute atomic E-state index is 12.6. The van der Waals surface area contributed by atoms with Crippen molar-refractivity contribution in [2.24, 2.45) is 11.7 Å². The van der Waals surface area contributed by atoms with E-state index < -0.39 is 11.8 Å². The number of hydrogen-bond acceptors (Lipinski definition) is 2. The highest BCUT2D eigenvalue weighted by Crippen LogP contribution is 2.18. The molecule has 230 valence electrons. The number of amides is 1. The number of allylic oxidation sites excluding steroid dienone is 2. The van der Waals surface area contributed by atoms with Gasteiger partial charge in [-0.15, -0.1) is 0 Å². The topological polar surface area (TPSA) is 60.2 Å². The highest BCUT2D eigenvalue weighted by molar-refractivity contribution is 6.00. The molecule has 1 unspecified atom stereocenters. The molecule has 0 aromatic carbocycles. The summed E-state index contributed by atoms with van der Waals surface area (Å²) in [5.74, 6) is -0.892. The summed E-state index contributed by atoms with van der Waals surface area (Å²) in [7, 11) is 0. The molecule has 0 rings (SSSR count). The zero-order valence-electron chi connectivity index (χ0n) is 26.6. The Morgan fingerprint density at radius 3 is 1.21 bits per heavy atom. The number of nitrogens with two attached hydrogens (primary N) is 1. The number of rotatable bonds is 32. The number of carbonyl (C=O) groups is 2. The van der Waals surface area contributed by atoms with Crippen LogP contribution < -0.4 is 5.73 Å². The molecule has 0 aliphatic carbocycles. The van der Waals surface area contributed by atoms with Crippen LogP contribution in [0, 0.1) is 5.92 Å². The monoisotopic (exact) mass is 548 g/mol. The van der Waals surface area contributed by atoms with E-state index in [2.05, 4.69) is 26.0 Å². The first kappa shape index (κ1) is 37.9. The molecular formula is C36H69NO2. The molecule has 0 spiro atoms. The van der Waals surface area contributed by atoms with Crippen LogP contribution in [0.1, 0.15) is 200 Å². The lowest BCUT2D eigenvalue weighted by Gasteiger charge is -2.12. The summed E-state index contributed by atoms with van der Waals surface area (Å²) in [6.45, 7) is 4.54. The highest BCUT2D eigenvalue weighted by Gasteiger charge is 2.22. The van der Waals surface area contributed by atoms with E-state index in [9.17, 15) is 9.59 Å². The van der Waals surface area contributed by atoms with Crippen LogP contribution in [0.15, 0.2) is 12.2 Å². The molecule has 0 saturated carbocycles. The molecule has 0 aromatic rings. The predicted molar refractivity (Wildman–Crippen MR) is 172 cm³/mol. The van der Waals surface area contributed by atoms with Crippen molar-refractivity contribution >= 4 is 11.7 Å². The van der Waals surface area contributed by atoms with Gasteiger partial charge in [-0.25, -0.2) is 0 Å². The first-order chi connectivity index (χ1) is 19.1. The van der Waals surface area contributed by atoms with Crippen molar-refractivity contribution in [2.45, 2.75) is 200 Å². The lowest BCUT2D eigenvalue weighted by atomic mass is 9.92. The predicted octanol–water partition coefficient (Wildman–Crippen LogP) is 11.6. The van der Waals surface area contributed by atoms with Crippen LogP contribution in [0.25, 0.3) is 0 Å². The molecule has 2 N–H and O–H groups in total. The maximum Gasteiger partial charge on any atom is 0.227 e. The van der Waals surface area contributed by atoms with Crippen LogP contribution in [0.5, 0.6) is 0 Å². The van der Waals surface area contributed by atoms with Crippen LogP contribution >= 0.6 is 0 Å². The lowest BCUT2D eigenvalue weighted by Crippen LogP contribution is -2.30. The van der Waals surface area contributed by atoms with Crippen LogP contribution in [-0.4, -0.2) is 11.7 Å². The minimum absolute atomic E-state index is 0.0785. The second-order valence-corrected chi connectivity index (χ2v) is 12.1. The number of ketones is 1. The average molecular weight is 548 g/mol. The maximum atomic E-state index is 12.6. The van der Waals surface area contributed by atoms with Crippen molar-refractivity contribution in [3.05, 3.63) is 12.2 Å². The molecule has 0 radical (unpaired) electrons. The van der Waals surface area contributed by atoms with Gasteiger partial charge in [-0.1, -0.05) is 167 Å². The number of Topliss-reactive ketones (excluding diaryl/α,β-unsaturated/α-hetero) is 1. The minimum Gasteiger partial charge on any atom is -0.369 e. The molecule has 1 amide bonds. The quantitative estimate of drug-likeness (QED) is 0.0517. The zero-order chi connectivity index (χ0) is 28.7. The molecule has 3 nitrogen and oxygen atoms in total. The molecule has 0 aliphatic heterocycles. The summed E-state index contributed by atoms with van der Waals surface area (Å²) in [6.07, 6.45) is 40.5. The summed E-state index contributed by atoms with van der Waals surface area (Å²) in [6, 6.07) is 0. The Bertz CT molecular complexity index is 556. The van der Waals surface area contributed by atoms with Crippen molar-refractivity contribution in [3.63, 3.8) is 0 Å². The van der Waals surface area contributed by atoms with Gasteiger partial charge in [0.25, 0.3) is 0 Å². The van der Waals surface area contributed by atoms with Crippen molar-refractivity contribution in [3.8, 4) is 0 Å². The van der Waals surface area contributed by atoms with Crippen LogP contribution in [0.4, 0.5) is 0 Å². The van der Waals surface area contributed by atoms with Crippen molar-refractivity contribution < 1.29 is 9.59 Å². The van der Waals surface area contributed by atoms with Gasteiger partial charge in [-0.2, -0.15) is 0 Å². The van der Waals surface area contributed by atoms with Gasteiger partial charge in [-0.3, -0.25) is 9.59 Å². The average Bonchev–Trinajstić information content (AvgIpc) is 2.92. The van der Waals surface area contributed by atoms with Gasteiger partial charge >= 0.3 is 0 Å². The van der Waals surface area contributed by atoms with Crippen molar-refractivity contribution in [1.29, 1.82) is 0 Å². The van der Waals surface area contributed by atoms with Gasteiger partial charge in [0.1, 0.15) is 5.78 Å². The van der Waals surface area contributed by atoms with Crippen LogP contribution in [0.2, 0.25) is 0 Å². The third-order valence-electron chi connectivity index (χ3n) is 8.26. The summed E-state index contributed by atoms with van der Waals surface area (Å²) in [5.41, 5.74) is 5.58. The lowest BCUT2D eigenvalue weighted by molar-refractivity contribution is -0.132. The molecule has 1 atom stereocenters. The Balaban J connectivity index is 3.59. The largest absolute Gasteiger partial charge is 0.369 e. The smallest absolute Gasteiger partial charge is 0.227 e. The van der Waals surface area contributed by atoms with Gasteiger partial charge in [0.2, 0.25) is 5.91 Å². The Kier molecular flexibility index (Phi) is 30.5. The third-order valence-corrected chi connectivity index (χ3v) is 8.26. The van der Waals surface area contributed by atoms with Crippen molar-refractivity contribution in [1.82, 2.24) is 0 Å². The highest BCUT2D eigenvalue weighted by atomic mass is 16.2. The molecule has 0 saturated heterocycles. The summed E-state index contributed by atoms with van der Waals surface area (Å²) >= 11 is 0. The van der Waals surface area contributed by atoms with E-state index >= 15 is 0 Å². The van der Waals surface area contributed by atoms with Gasteiger partial charge in [0, 0.05) is 6.42 Å². The molecule has 0 fully saturated rings. The third kappa shape index (κ3) is 28.2. The summed E-state index contributed by atoms with van der Waals surface area (Å²) in [5, 5.41) is 0. The first-order valence-corrected chi connectivity index (χ1v) is 17.6. The van der Waals surface area contributed by atoms with Crippen LogP contribution in [-0.2, 0) is 9.59 Å². The molecule has 39 heavy (non-hydrogen) atoms. The molecule has 0 heterocycles. The van der Waals surface area contributed by atoms with Gasteiger partial charge in [-0.05, 0) is 38.5 Å². The number of hydrogen-bond donors (Lipinski definition) is 1. The fraction of sp³-hybridized carbons (Fsp3) is 0.889. The molecular weight excluding hydrogens is 478 g/mol. The van der Waals surface area contributed by atoms with Gasteiger partial charge in [0.15, 0.2) is 0 Å². The van der Waals surface area contributed by atoms with Gasteiger partial charge in [0.05, 0.1) is 5.92 Å². The van der Waals surface area contributed by atoms with Gasteiger partial charge < -0.3 is 5.73 Å². The van der Waals surface area contributed by atoms with E-state index in [1.54, 1.807) is 0 Å². The fourth-order valence-electron chi connectivity index (χ4n) is 5.55. The minimum atomic E-state index is -0.556. The standard InChI is InChI=1S/C36H69NO2/c1-3-5-7-9-11-13-15-17-19-21-23-25-27-29-31-33-35(38)34(36(37)39)32-30-28-26-24-22-20-18-16-14-12-10-8-6-4-2/h17,19,34H,3-16,18,20-33H2,1-2H3,(H2,37,39)/b19-17-. The number of primary amides is 1. The Morgan fingerprint density at radius 1 is 0.487 bits per heavy atom. The zero-order valence-corrected chi connectivity index (χ0v) is 26.6. The summed E-state index contributed by atoms with van der Waals surface area (Å²) < 4.78 is 0.